The van der Waals surface area contributed by atoms with E-state index in [1.165, 1.54) is 11.1 Å². The molecule has 2 aromatic heterocycles. The third-order valence-electron chi connectivity index (χ3n) is 8.74. The fourth-order valence-corrected chi connectivity index (χ4v) is 6.34. The molecule has 0 bridgehead atoms. The molecule has 0 aliphatic carbocycles. The van der Waals surface area contributed by atoms with E-state index in [9.17, 15) is 0 Å². The quantitative estimate of drug-likeness (QED) is 0.197. The Bertz CT molecular complexity index is 2440. The maximum absolute atomic E-state index is 6.39. The van der Waals surface area contributed by atoms with Crippen molar-refractivity contribution in [1.82, 2.24) is 15.0 Å². The Kier molecular flexibility index (Phi) is 6.43. The second kappa shape index (κ2) is 11.2. The lowest BCUT2D eigenvalue weighted by molar-refractivity contribution is 0.669. The molecule has 0 N–H and O–H groups in total. The number of hydrogen-bond donors (Lipinski definition) is 0. The van der Waals surface area contributed by atoms with E-state index in [2.05, 4.69) is 140 Å². The summed E-state index contributed by atoms with van der Waals surface area (Å²) in [6.07, 6.45) is 0. The fourth-order valence-electron chi connectivity index (χ4n) is 6.34. The van der Waals surface area contributed by atoms with E-state index in [0.29, 0.717) is 17.5 Å². The third-order valence-corrected chi connectivity index (χ3v) is 8.74. The van der Waals surface area contributed by atoms with Crippen molar-refractivity contribution in [2.75, 3.05) is 0 Å². The smallest absolute Gasteiger partial charge is 0.164 e. The van der Waals surface area contributed by atoms with Gasteiger partial charge in [-0.05, 0) is 51.2 Å². The lowest BCUT2D eigenvalue weighted by atomic mass is 10.0. The van der Waals surface area contributed by atoms with Crippen molar-refractivity contribution in [2.45, 2.75) is 0 Å². The van der Waals surface area contributed by atoms with E-state index in [4.69, 9.17) is 19.4 Å². The highest BCUT2D eigenvalue weighted by Gasteiger charge is 2.18. The lowest BCUT2D eigenvalue weighted by Crippen LogP contribution is -2.00. The molecule has 4 nitrogen and oxygen atoms in total. The molecule has 0 spiro atoms. The van der Waals surface area contributed by atoms with Crippen LogP contribution in [0, 0.1) is 0 Å². The minimum absolute atomic E-state index is 0.603. The van der Waals surface area contributed by atoms with Crippen LogP contribution in [0.2, 0.25) is 0 Å². The summed E-state index contributed by atoms with van der Waals surface area (Å²) in [5.41, 5.74) is 9.01. The number of fused-ring (bicyclic) bond motifs is 4. The van der Waals surface area contributed by atoms with Crippen molar-refractivity contribution < 1.29 is 4.42 Å². The molecule has 4 heteroatoms. The van der Waals surface area contributed by atoms with Gasteiger partial charge in [0.25, 0.3) is 0 Å². The molecule has 0 fully saturated rings. The number of rotatable bonds is 5. The van der Waals surface area contributed by atoms with Gasteiger partial charge in [0.2, 0.25) is 0 Å². The Labute approximate surface area is 271 Å². The molecule has 2 heterocycles. The van der Waals surface area contributed by atoms with Gasteiger partial charge in [-0.3, -0.25) is 0 Å². The summed E-state index contributed by atoms with van der Waals surface area (Å²) >= 11 is 0. The normalized spacial score (nSPS) is 11.4. The average Bonchev–Trinajstić information content (AvgIpc) is 3.52. The highest BCUT2D eigenvalue weighted by atomic mass is 16.3. The van der Waals surface area contributed by atoms with Gasteiger partial charge in [0.15, 0.2) is 17.5 Å². The van der Waals surface area contributed by atoms with Crippen molar-refractivity contribution in [3.63, 3.8) is 0 Å². The molecule has 47 heavy (non-hydrogen) atoms. The Morgan fingerprint density at radius 1 is 0.340 bits per heavy atom. The molecule has 9 aromatic rings. The molecule has 7 aromatic carbocycles. The molecule has 220 valence electrons. The van der Waals surface area contributed by atoms with E-state index < -0.39 is 0 Å². The zero-order valence-corrected chi connectivity index (χ0v) is 25.3. The first kappa shape index (κ1) is 27.0. The van der Waals surface area contributed by atoms with Crippen LogP contribution in [0.25, 0.3) is 89.1 Å². The molecule has 0 unspecified atom stereocenters. The zero-order chi connectivity index (χ0) is 31.2. The summed E-state index contributed by atoms with van der Waals surface area (Å²) in [6.45, 7) is 0. The number of furan rings is 1. The molecule has 0 radical (unpaired) electrons. The first-order chi connectivity index (χ1) is 23.3. The van der Waals surface area contributed by atoms with Crippen LogP contribution in [0.4, 0.5) is 0 Å². The molecule has 0 amide bonds. The van der Waals surface area contributed by atoms with Crippen molar-refractivity contribution in [3.8, 4) is 56.4 Å². The summed E-state index contributed by atoms with van der Waals surface area (Å²) in [6, 6.07) is 56.4. The zero-order valence-electron chi connectivity index (χ0n) is 25.3. The van der Waals surface area contributed by atoms with Crippen LogP contribution < -0.4 is 0 Å². The van der Waals surface area contributed by atoms with Crippen LogP contribution in [0.1, 0.15) is 0 Å². The summed E-state index contributed by atoms with van der Waals surface area (Å²) < 4.78 is 6.39. The van der Waals surface area contributed by atoms with Gasteiger partial charge < -0.3 is 4.42 Å². The largest absolute Gasteiger partial charge is 0.456 e. The van der Waals surface area contributed by atoms with Crippen LogP contribution in [0.3, 0.4) is 0 Å². The van der Waals surface area contributed by atoms with Gasteiger partial charge in [-0.2, -0.15) is 0 Å². The molecule has 0 aliphatic heterocycles. The molecule has 0 atom stereocenters. The molecule has 0 aliphatic rings. The molecular weight excluding hydrogens is 574 g/mol. The fraction of sp³-hybridized carbons (Fsp3) is 0. The standard InChI is InChI=1S/C43H27N3O/c1-3-10-28(11-4-1)30-18-22-32(23-19-30)41-44-42(33-24-20-31(21-25-33)29-12-5-2-6-13-29)46-43(45-41)36-16-9-17-38-40(36)37-26-34-14-7-8-15-35(34)27-39(37)47-38/h1-27H. The Morgan fingerprint density at radius 2 is 0.809 bits per heavy atom. The van der Waals surface area contributed by atoms with Gasteiger partial charge in [0.1, 0.15) is 11.2 Å². The first-order valence-electron chi connectivity index (χ1n) is 15.7. The van der Waals surface area contributed by atoms with Gasteiger partial charge in [-0.1, -0.05) is 146 Å². The molecular formula is C43H27N3O. The lowest BCUT2D eigenvalue weighted by Gasteiger charge is -2.10. The van der Waals surface area contributed by atoms with Crippen molar-refractivity contribution in [3.05, 3.63) is 164 Å². The van der Waals surface area contributed by atoms with Crippen LogP contribution in [0.15, 0.2) is 168 Å². The van der Waals surface area contributed by atoms with Gasteiger partial charge in [-0.15, -0.1) is 0 Å². The number of benzene rings is 7. The van der Waals surface area contributed by atoms with Gasteiger partial charge in [0.05, 0.1) is 0 Å². The number of aromatic nitrogens is 3. The van der Waals surface area contributed by atoms with Crippen LogP contribution in [-0.4, -0.2) is 15.0 Å². The number of nitrogens with zero attached hydrogens (tertiary/aromatic N) is 3. The maximum Gasteiger partial charge on any atom is 0.164 e. The maximum atomic E-state index is 6.39. The Morgan fingerprint density at radius 3 is 1.38 bits per heavy atom. The van der Waals surface area contributed by atoms with Crippen molar-refractivity contribution in [2.24, 2.45) is 0 Å². The Balaban J connectivity index is 1.22. The summed E-state index contributed by atoms with van der Waals surface area (Å²) in [4.78, 5) is 15.2. The predicted octanol–water partition coefficient (Wildman–Crippen LogP) is 11.3. The summed E-state index contributed by atoms with van der Waals surface area (Å²) in [5.74, 6) is 1.84. The van der Waals surface area contributed by atoms with Gasteiger partial charge in [0, 0.05) is 27.5 Å². The molecule has 0 saturated heterocycles. The minimum Gasteiger partial charge on any atom is -0.456 e. The third kappa shape index (κ3) is 4.93. The van der Waals surface area contributed by atoms with E-state index >= 15 is 0 Å². The Hall–Kier alpha value is -6.39. The van der Waals surface area contributed by atoms with Crippen molar-refractivity contribution >= 4 is 32.7 Å². The average molecular weight is 602 g/mol. The van der Waals surface area contributed by atoms with Crippen molar-refractivity contribution in [1.29, 1.82) is 0 Å². The molecule has 0 saturated carbocycles. The topological polar surface area (TPSA) is 51.8 Å². The monoisotopic (exact) mass is 601 g/mol. The van der Waals surface area contributed by atoms with Crippen LogP contribution >= 0.6 is 0 Å². The van der Waals surface area contributed by atoms with E-state index in [1.807, 2.05) is 24.3 Å². The summed E-state index contributed by atoms with van der Waals surface area (Å²) in [7, 11) is 0. The van der Waals surface area contributed by atoms with E-state index in [0.717, 1.165) is 60.5 Å². The molecule has 9 rings (SSSR count). The SMILES string of the molecule is c1ccc(-c2ccc(-c3nc(-c4ccc(-c5ccccc5)cc4)nc(-c4cccc5oc6cc7ccccc7cc6c45)n3)cc2)cc1. The van der Waals surface area contributed by atoms with E-state index in [-0.39, 0.29) is 0 Å². The van der Waals surface area contributed by atoms with Crippen LogP contribution in [-0.2, 0) is 0 Å². The van der Waals surface area contributed by atoms with E-state index in [1.54, 1.807) is 0 Å². The van der Waals surface area contributed by atoms with Crippen LogP contribution in [0.5, 0.6) is 0 Å². The van der Waals surface area contributed by atoms with Gasteiger partial charge >= 0.3 is 0 Å². The second-order valence-corrected chi connectivity index (χ2v) is 11.7. The highest BCUT2D eigenvalue weighted by molar-refractivity contribution is 6.15. The predicted molar refractivity (Wildman–Crippen MR) is 192 cm³/mol. The minimum atomic E-state index is 0.603. The van der Waals surface area contributed by atoms with Gasteiger partial charge in [-0.25, -0.2) is 15.0 Å². The summed E-state index contributed by atoms with van der Waals surface area (Å²) in [5, 5.41) is 4.34. The second-order valence-electron chi connectivity index (χ2n) is 11.7. The number of hydrogen-bond acceptors (Lipinski definition) is 4. The first-order valence-corrected chi connectivity index (χ1v) is 15.7. The highest BCUT2D eigenvalue weighted by Crippen LogP contribution is 2.38.